The number of carbonyl (C=O) groups is 1. The van der Waals surface area contributed by atoms with E-state index in [0.717, 1.165) is 6.26 Å². The van der Waals surface area contributed by atoms with Gasteiger partial charge in [-0.15, -0.1) is 0 Å². The van der Waals surface area contributed by atoms with Crippen molar-refractivity contribution in [2.45, 2.75) is 6.54 Å². The zero-order valence-corrected chi connectivity index (χ0v) is 10.4. The zero-order chi connectivity index (χ0) is 11.6. The summed E-state index contributed by atoms with van der Waals surface area (Å²) in [6.45, 7) is 0.145. The summed E-state index contributed by atoms with van der Waals surface area (Å²) in [4.78, 5) is 10.8. The highest BCUT2D eigenvalue weighted by atomic mass is 79.9. The van der Waals surface area contributed by atoms with Crippen molar-refractivity contribution in [1.29, 1.82) is 0 Å². The van der Waals surface area contributed by atoms with Gasteiger partial charge in [0.1, 0.15) is 15.5 Å². The molecule has 0 aliphatic carbocycles. The minimum Gasteiger partial charge on any atom is -0.477 e. The molecule has 5 nitrogen and oxygen atoms in total. The average molecular weight is 296 g/mol. The predicted octanol–water partition coefficient (Wildman–Crippen LogP) is 0.993. The first-order valence-corrected chi connectivity index (χ1v) is 6.91. The van der Waals surface area contributed by atoms with Crippen LogP contribution >= 0.6 is 15.9 Å². The van der Waals surface area contributed by atoms with Crippen molar-refractivity contribution in [3.05, 3.63) is 22.4 Å². The molecule has 0 aliphatic rings. The number of aryl methyl sites for hydroxylation is 1. The van der Waals surface area contributed by atoms with Gasteiger partial charge in [-0.25, -0.2) is 13.2 Å². The van der Waals surface area contributed by atoms with Crippen molar-refractivity contribution in [1.82, 2.24) is 4.57 Å². The first-order chi connectivity index (χ1) is 6.79. The Labute approximate surface area is 95.8 Å². The molecule has 0 bridgehead atoms. The first kappa shape index (κ1) is 12.3. The molecule has 0 atom stereocenters. The van der Waals surface area contributed by atoms with Crippen molar-refractivity contribution < 1.29 is 18.3 Å². The Hall–Kier alpha value is -0.820. The standard InChI is InChI=1S/C8H10BrNO4S/c1-15(13,14)3-2-10-5-6(9)4-7(10)8(11)12/h4-5H,2-3H2,1H3,(H,11,12). The molecule has 0 radical (unpaired) electrons. The smallest absolute Gasteiger partial charge is 0.352 e. The number of halogens is 1. The Kier molecular flexibility index (Phi) is 3.56. The van der Waals surface area contributed by atoms with E-state index < -0.39 is 15.8 Å². The molecule has 0 aromatic carbocycles. The van der Waals surface area contributed by atoms with Crippen molar-refractivity contribution in [3.63, 3.8) is 0 Å². The van der Waals surface area contributed by atoms with Crippen LogP contribution in [0.4, 0.5) is 0 Å². The summed E-state index contributed by atoms with van der Waals surface area (Å²) < 4.78 is 23.9. The number of carboxylic acids is 1. The van der Waals surface area contributed by atoms with Gasteiger partial charge in [0.2, 0.25) is 0 Å². The molecule has 0 fully saturated rings. The SMILES string of the molecule is CS(=O)(=O)CCn1cc(Br)cc1C(=O)O. The van der Waals surface area contributed by atoms with E-state index in [9.17, 15) is 13.2 Å². The number of carboxylic acid groups (broad SMARTS) is 1. The van der Waals surface area contributed by atoms with Crippen LogP contribution in [0.15, 0.2) is 16.7 Å². The second kappa shape index (κ2) is 4.36. The van der Waals surface area contributed by atoms with E-state index >= 15 is 0 Å². The summed E-state index contributed by atoms with van der Waals surface area (Å²) in [6.07, 6.45) is 2.67. The third-order valence-electron chi connectivity index (χ3n) is 1.79. The molecule has 7 heteroatoms. The average Bonchev–Trinajstić information content (AvgIpc) is 2.42. The third-order valence-corrected chi connectivity index (χ3v) is 3.14. The van der Waals surface area contributed by atoms with Crippen LogP contribution in [0, 0.1) is 0 Å². The molecule has 0 amide bonds. The van der Waals surface area contributed by atoms with E-state index in [1.54, 1.807) is 6.20 Å². The van der Waals surface area contributed by atoms with Crippen LogP contribution < -0.4 is 0 Å². The minimum absolute atomic E-state index is 0.0746. The predicted molar refractivity (Wildman–Crippen MR) is 58.8 cm³/mol. The van der Waals surface area contributed by atoms with Gasteiger partial charge in [-0.1, -0.05) is 0 Å². The van der Waals surface area contributed by atoms with Gasteiger partial charge >= 0.3 is 5.97 Å². The molecule has 1 N–H and O–H groups in total. The monoisotopic (exact) mass is 295 g/mol. The topological polar surface area (TPSA) is 76.4 Å². The van der Waals surface area contributed by atoms with Crippen LogP contribution in [-0.2, 0) is 16.4 Å². The van der Waals surface area contributed by atoms with Gasteiger partial charge in [0.05, 0.1) is 5.75 Å². The fourth-order valence-corrected chi connectivity index (χ4v) is 2.10. The quantitative estimate of drug-likeness (QED) is 0.899. The molecule has 0 unspecified atom stereocenters. The Bertz CT molecular complexity index is 477. The van der Waals surface area contributed by atoms with E-state index in [0.29, 0.717) is 4.47 Å². The number of hydrogen-bond donors (Lipinski definition) is 1. The molecule has 84 valence electrons. The van der Waals surface area contributed by atoms with Gasteiger partial charge < -0.3 is 9.67 Å². The van der Waals surface area contributed by atoms with Crippen molar-refractivity contribution in [2.24, 2.45) is 0 Å². The number of hydrogen-bond acceptors (Lipinski definition) is 3. The lowest BCUT2D eigenvalue weighted by molar-refractivity contribution is 0.0685. The second-order valence-electron chi connectivity index (χ2n) is 3.17. The normalized spacial score (nSPS) is 11.6. The van der Waals surface area contributed by atoms with Crippen molar-refractivity contribution in [2.75, 3.05) is 12.0 Å². The van der Waals surface area contributed by atoms with Gasteiger partial charge in [-0.05, 0) is 22.0 Å². The maximum atomic E-state index is 10.9. The van der Waals surface area contributed by atoms with E-state index in [1.807, 2.05) is 0 Å². The molecule has 1 aromatic heterocycles. The van der Waals surface area contributed by atoms with E-state index in [2.05, 4.69) is 15.9 Å². The molecule has 1 heterocycles. The maximum absolute atomic E-state index is 10.9. The van der Waals surface area contributed by atoms with Crippen LogP contribution in [0.5, 0.6) is 0 Å². The lowest BCUT2D eigenvalue weighted by Gasteiger charge is -2.04. The summed E-state index contributed by atoms with van der Waals surface area (Å²) >= 11 is 3.14. The van der Waals surface area contributed by atoms with Crippen LogP contribution in [-0.4, -0.2) is 36.1 Å². The molecular weight excluding hydrogens is 286 g/mol. The summed E-state index contributed by atoms with van der Waals surface area (Å²) in [5.41, 5.74) is 0.0746. The summed E-state index contributed by atoms with van der Waals surface area (Å²) in [6, 6.07) is 1.44. The zero-order valence-electron chi connectivity index (χ0n) is 7.97. The van der Waals surface area contributed by atoms with E-state index in [4.69, 9.17) is 5.11 Å². The van der Waals surface area contributed by atoms with Crippen LogP contribution in [0.1, 0.15) is 10.5 Å². The third kappa shape index (κ3) is 3.67. The molecule has 0 aliphatic heterocycles. The second-order valence-corrected chi connectivity index (χ2v) is 6.35. The first-order valence-electron chi connectivity index (χ1n) is 4.06. The molecule has 0 saturated carbocycles. The summed E-state index contributed by atoms with van der Waals surface area (Å²) in [5.74, 6) is -1.15. The fourth-order valence-electron chi connectivity index (χ4n) is 1.10. The maximum Gasteiger partial charge on any atom is 0.352 e. The lowest BCUT2D eigenvalue weighted by atomic mass is 10.4. The van der Waals surface area contributed by atoms with Gasteiger partial charge in [-0.3, -0.25) is 0 Å². The fraction of sp³-hybridized carbons (Fsp3) is 0.375. The van der Waals surface area contributed by atoms with Gasteiger partial charge in [0, 0.05) is 23.5 Å². The molecule has 0 spiro atoms. The van der Waals surface area contributed by atoms with Crippen LogP contribution in [0.2, 0.25) is 0 Å². The highest BCUT2D eigenvalue weighted by molar-refractivity contribution is 9.10. The number of aromatic nitrogens is 1. The number of sulfone groups is 1. The number of rotatable bonds is 4. The van der Waals surface area contributed by atoms with Gasteiger partial charge in [-0.2, -0.15) is 0 Å². The Morgan fingerprint density at radius 2 is 2.20 bits per heavy atom. The molecule has 15 heavy (non-hydrogen) atoms. The van der Waals surface area contributed by atoms with Crippen molar-refractivity contribution >= 4 is 31.7 Å². The lowest BCUT2D eigenvalue weighted by Crippen LogP contribution is -2.14. The highest BCUT2D eigenvalue weighted by Gasteiger charge is 2.12. The van der Waals surface area contributed by atoms with Crippen LogP contribution in [0.25, 0.3) is 0 Å². The molecule has 0 saturated heterocycles. The molecule has 1 aromatic rings. The summed E-state index contributed by atoms with van der Waals surface area (Å²) in [7, 11) is -3.08. The van der Waals surface area contributed by atoms with E-state index in [-0.39, 0.29) is 18.0 Å². The van der Waals surface area contributed by atoms with Crippen molar-refractivity contribution in [3.8, 4) is 0 Å². The number of nitrogens with zero attached hydrogens (tertiary/aromatic N) is 1. The van der Waals surface area contributed by atoms with Crippen LogP contribution in [0.3, 0.4) is 0 Å². The Balaban J connectivity index is 2.90. The Morgan fingerprint density at radius 1 is 1.60 bits per heavy atom. The largest absolute Gasteiger partial charge is 0.477 e. The van der Waals surface area contributed by atoms with Gasteiger partial charge in [0.15, 0.2) is 0 Å². The molecular formula is C8H10BrNO4S. The minimum atomic E-state index is -3.08. The van der Waals surface area contributed by atoms with Gasteiger partial charge in [0.25, 0.3) is 0 Å². The highest BCUT2D eigenvalue weighted by Crippen LogP contribution is 2.15. The summed E-state index contributed by atoms with van der Waals surface area (Å²) in [5, 5.41) is 8.82. The Morgan fingerprint density at radius 3 is 2.67 bits per heavy atom. The number of aromatic carboxylic acids is 1. The molecule has 1 rings (SSSR count). The van der Waals surface area contributed by atoms with E-state index in [1.165, 1.54) is 10.6 Å².